The van der Waals surface area contributed by atoms with Crippen LogP contribution >= 0.6 is 23.1 Å². The summed E-state index contributed by atoms with van der Waals surface area (Å²) in [5.41, 5.74) is 2.41. The first-order chi connectivity index (χ1) is 11.3. The Morgan fingerprint density at radius 1 is 1.30 bits per heavy atom. The van der Waals surface area contributed by atoms with Crippen LogP contribution in [0.25, 0.3) is 10.7 Å². The van der Waals surface area contributed by atoms with Crippen LogP contribution < -0.4 is 0 Å². The van der Waals surface area contributed by atoms with E-state index in [2.05, 4.69) is 31.4 Å². The van der Waals surface area contributed by atoms with E-state index < -0.39 is 0 Å². The first-order valence-corrected chi connectivity index (χ1v) is 8.89. The number of thiophene rings is 1. The van der Waals surface area contributed by atoms with E-state index in [-0.39, 0.29) is 0 Å². The van der Waals surface area contributed by atoms with Gasteiger partial charge in [0, 0.05) is 0 Å². The van der Waals surface area contributed by atoms with E-state index in [4.69, 9.17) is 0 Å². The first-order valence-electron chi connectivity index (χ1n) is 7.19. The smallest absolute Gasteiger partial charge is 0.215 e. The Labute approximate surface area is 142 Å². The minimum Gasteiger partial charge on any atom is -0.257 e. The van der Waals surface area contributed by atoms with Gasteiger partial charge in [-0.15, -0.1) is 21.5 Å². The van der Waals surface area contributed by atoms with Crippen LogP contribution in [0.4, 0.5) is 0 Å². The summed E-state index contributed by atoms with van der Waals surface area (Å²) in [7, 11) is 0. The molecule has 0 fully saturated rings. The van der Waals surface area contributed by atoms with Gasteiger partial charge in [0.15, 0.2) is 5.82 Å². The van der Waals surface area contributed by atoms with Crippen molar-refractivity contribution in [3.05, 3.63) is 34.3 Å². The molecule has 0 atom stereocenters. The molecule has 0 saturated heterocycles. The van der Waals surface area contributed by atoms with Gasteiger partial charge in [-0.2, -0.15) is 10.4 Å². The molecule has 3 aromatic rings. The number of H-pyrrole nitrogens is 1. The Hall–Kier alpha value is -2.24. The summed E-state index contributed by atoms with van der Waals surface area (Å²) in [5.74, 6) is 0.717. The molecule has 0 radical (unpaired) electrons. The Kier molecular flexibility index (Phi) is 4.69. The number of aryl methyl sites for hydroxylation is 1. The second-order valence-corrected chi connectivity index (χ2v) is 6.57. The highest BCUT2D eigenvalue weighted by Crippen LogP contribution is 2.30. The molecule has 3 rings (SSSR count). The van der Waals surface area contributed by atoms with Crippen LogP contribution in [0.2, 0.25) is 0 Å². The van der Waals surface area contributed by atoms with Gasteiger partial charge in [0.05, 0.1) is 16.1 Å². The van der Waals surface area contributed by atoms with E-state index in [1.54, 1.807) is 11.3 Å². The van der Waals surface area contributed by atoms with Gasteiger partial charge in [0.25, 0.3) is 0 Å². The van der Waals surface area contributed by atoms with Crippen molar-refractivity contribution in [2.75, 3.05) is 0 Å². The molecule has 3 aromatic heterocycles. The summed E-state index contributed by atoms with van der Waals surface area (Å²) in [5, 5.41) is 28.1. The zero-order valence-corrected chi connectivity index (χ0v) is 14.3. The highest BCUT2D eigenvalue weighted by molar-refractivity contribution is 7.99. The number of aromatic amines is 1. The van der Waals surface area contributed by atoms with Crippen LogP contribution in [0.1, 0.15) is 30.7 Å². The van der Waals surface area contributed by atoms with Crippen molar-refractivity contribution in [3.8, 4) is 16.8 Å². The predicted octanol–water partition coefficient (Wildman–Crippen LogP) is 3.47. The average Bonchev–Trinajstić information content (AvgIpc) is 3.25. The van der Waals surface area contributed by atoms with Gasteiger partial charge < -0.3 is 0 Å². The Morgan fingerprint density at radius 3 is 2.83 bits per heavy atom. The van der Waals surface area contributed by atoms with Gasteiger partial charge in [0.1, 0.15) is 11.1 Å². The lowest BCUT2D eigenvalue weighted by molar-refractivity contribution is 0.815. The monoisotopic (exact) mass is 342 g/mol. The third kappa shape index (κ3) is 3.11. The molecule has 23 heavy (non-hydrogen) atoms. The van der Waals surface area contributed by atoms with Crippen LogP contribution in [0.3, 0.4) is 0 Å². The van der Waals surface area contributed by atoms with E-state index in [0.717, 1.165) is 34.8 Å². The molecule has 0 spiro atoms. The minimum absolute atomic E-state index is 0.533. The molecule has 6 nitrogen and oxygen atoms in total. The lowest BCUT2D eigenvalue weighted by Crippen LogP contribution is -2.04. The normalized spacial score (nSPS) is 10.7. The van der Waals surface area contributed by atoms with Crippen LogP contribution in [0.5, 0.6) is 0 Å². The third-order valence-corrected chi connectivity index (χ3v) is 5.05. The fraction of sp³-hybridized carbons (Fsp3) is 0.267. The zero-order chi connectivity index (χ0) is 16.2. The lowest BCUT2D eigenvalue weighted by atomic mass is 10.1. The zero-order valence-electron chi connectivity index (χ0n) is 12.7. The maximum absolute atomic E-state index is 9.51. The molecular formula is C15H14N6S2. The van der Waals surface area contributed by atoms with E-state index >= 15 is 0 Å². The maximum atomic E-state index is 9.51. The third-order valence-electron chi connectivity index (χ3n) is 3.33. The molecule has 0 aliphatic carbocycles. The molecule has 116 valence electrons. The van der Waals surface area contributed by atoms with E-state index in [9.17, 15) is 5.26 Å². The van der Waals surface area contributed by atoms with Crippen LogP contribution in [0, 0.1) is 11.3 Å². The summed E-state index contributed by atoms with van der Waals surface area (Å²) in [6, 6.07) is 6.20. The standard InChI is InChI=1S/C15H14N6S2/c1-3-9-10(8-16)14(20-18-11(9)4-2)23-15-17-13(19-21-15)12-6-5-7-22-12/h5-7H,3-4H2,1-2H3,(H,17,19,21). The summed E-state index contributed by atoms with van der Waals surface area (Å²) < 4.78 is 0. The van der Waals surface area contributed by atoms with Gasteiger partial charge in [0.2, 0.25) is 5.16 Å². The van der Waals surface area contributed by atoms with Crippen molar-refractivity contribution in [1.82, 2.24) is 25.4 Å². The number of hydrogen-bond acceptors (Lipinski definition) is 7. The van der Waals surface area contributed by atoms with Gasteiger partial charge in [-0.25, -0.2) is 4.98 Å². The maximum Gasteiger partial charge on any atom is 0.215 e. The topological polar surface area (TPSA) is 91.1 Å². The predicted molar refractivity (Wildman–Crippen MR) is 89.3 cm³/mol. The summed E-state index contributed by atoms with van der Waals surface area (Å²) in [6.07, 6.45) is 1.52. The van der Waals surface area contributed by atoms with Gasteiger partial charge in [-0.1, -0.05) is 19.9 Å². The summed E-state index contributed by atoms with van der Waals surface area (Å²) in [4.78, 5) is 5.47. The quantitative estimate of drug-likeness (QED) is 0.763. The molecule has 8 heteroatoms. The van der Waals surface area contributed by atoms with Crippen molar-refractivity contribution in [1.29, 1.82) is 5.26 Å². The van der Waals surface area contributed by atoms with Crippen molar-refractivity contribution in [3.63, 3.8) is 0 Å². The molecule has 0 bridgehead atoms. The Balaban J connectivity index is 1.93. The first kappa shape index (κ1) is 15.6. The molecule has 0 aromatic carbocycles. The summed E-state index contributed by atoms with van der Waals surface area (Å²) in [6.45, 7) is 4.03. The molecule has 1 N–H and O–H groups in total. The van der Waals surface area contributed by atoms with Crippen LogP contribution in [-0.2, 0) is 12.8 Å². The molecular weight excluding hydrogens is 328 g/mol. The van der Waals surface area contributed by atoms with Crippen molar-refractivity contribution in [2.45, 2.75) is 36.9 Å². The minimum atomic E-state index is 0.533. The van der Waals surface area contributed by atoms with Gasteiger partial charge in [-0.3, -0.25) is 5.10 Å². The molecule has 0 aliphatic rings. The molecule has 0 amide bonds. The Morgan fingerprint density at radius 2 is 2.17 bits per heavy atom. The highest BCUT2D eigenvalue weighted by Gasteiger charge is 2.17. The van der Waals surface area contributed by atoms with Crippen LogP contribution in [-0.4, -0.2) is 25.4 Å². The highest BCUT2D eigenvalue weighted by atomic mass is 32.2. The van der Waals surface area contributed by atoms with Gasteiger partial charge >= 0.3 is 0 Å². The summed E-state index contributed by atoms with van der Waals surface area (Å²) >= 11 is 2.85. The second kappa shape index (κ2) is 6.89. The van der Waals surface area contributed by atoms with Crippen molar-refractivity contribution < 1.29 is 0 Å². The van der Waals surface area contributed by atoms with E-state index in [1.807, 2.05) is 31.4 Å². The number of nitrogens with one attached hydrogen (secondary N) is 1. The molecule has 0 saturated carbocycles. The number of rotatable bonds is 5. The van der Waals surface area contributed by atoms with E-state index in [1.165, 1.54) is 11.8 Å². The number of aromatic nitrogens is 5. The number of hydrogen-bond donors (Lipinski definition) is 1. The van der Waals surface area contributed by atoms with E-state index in [0.29, 0.717) is 15.7 Å². The molecule has 0 unspecified atom stereocenters. The fourth-order valence-corrected chi connectivity index (χ4v) is 3.66. The Bertz CT molecular complexity index is 847. The fourth-order valence-electron chi connectivity index (χ4n) is 2.24. The van der Waals surface area contributed by atoms with Crippen LogP contribution in [0.15, 0.2) is 27.7 Å². The number of nitrogens with zero attached hydrogens (tertiary/aromatic N) is 5. The SMILES string of the molecule is CCc1nnc(Sc2n[nH]c(-c3cccs3)n2)c(C#N)c1CC. The second-order valence-electron chi connectivity index (χ2n) is 4.67. The number of nitriles is 1. The lowest BCUT2D eigenvalue weighted by Gasteiger charge is -2.08. The average molecular weight is 342 g/mol. The van der Waals surface area contributed by atoms with Crippen molar-refractivity contribution in [2.24, 2.45) is 0 Å². The van der Waals surface area contributed by atoms with Gasteiger partial charge in [-0.05, 0) is 41.6 Å². The van der Waals surface area contributed by atoms with Crippen molar-refractivity contribution >= 4 is 23.1 Å². The largest absolute Gasteiger partial charge is 0.257 e. The molecule has 0 aliphatic heterocycles. The molecule has 3 heterocycles.